The monoisotopic (exact) mass is 264 g/mol. The van der Waals surface area contributed by atoms with Crippen LogP contribution in [0.1, 0.15) is 33.7 Å². The van der Waals surface area contributed by atoms with Crippen LogP contribution in [0.4, 0.5) is 0 Å². The van der Waals surface area contributed by atoms with Crippen molar-refractivity contribution in [3.63, 3.8) is 0 Å². The van der Waals surface area contributed by atoms with E-state index in [2.05, 4.69) is 42.6 Å². The molecule has 18 heavy (non-hydrogen) atoms. The summed E-state index contributed by atoms with van der Waals surface area (Å²) in [7, 11) is 1.93. The molecule has 0 bridgehead atoms. The first-order valence-electron chi connectivity index (χ1n) is 6.10. The summed E-state index contributed by atoms with van der Waals surface area (Å²) in [6.45, 7) is 8.82. The molecule has 0 aromatic carbocycles. The number of rotatable bonds is 2. The van der Waals surface area contributed by atoms with Gasteiger partial charge in [0, 0.05) is 19.3 Å². The summed E-state index contributed by atoms with van der Waals surface area (Å²) in [6, 6.07) is 4.29. The van der Waals surface area contributed by atoms with E-state index in [1.165, 1.54) is 0 Å². The van der Waals surface area contributed by atoms with Crippen molar-refractivity contribution in [3.8, 4) is 11.4 Å². The molecule has 0 fully saturated rings. The van der Waals surface area contributed by atoms with Crippen molar-refractivity contribution in [1.82, 2.24) is 19.6 Å². The van der Waals surface area contributed by atoms with Crippen molar-refractivity contribution in [2.75, 3.05) is 0 Å². The summed E-state index contributed by atoms with van der Waals surface area (Å²) in [6.07, 6.45) is 1.79. The number of hydrogen-bond acceptors (Lipinski definition) is 2. The number of aryl methyl sites for hydroxylation is 1. The van der Waals surface area contributed by atoms with Crippen molar-refractivity contribution < 1.29 is 0 Å². The Hall–Kier alpha value is -1.36. The molecule has 0 saturated heterocycles. The van der Waals surface area contributed by atoms with E-state index in [1.807, 2.05) is 23.9 Å². The van der Waals surface area contributed by atoms with Crippen LogP contribution in [0.3, 0.4) is 0 Å². The lowest BCUT2D eigenvalue weighted by atomic mass is 9.88. The minimum Gasteiger partial charge on any atom is -0.295 e. The van der Waals surface area contributed by atoms with E-state index in [1.54, 1.807) is 6.20 Å². The molecule has 0 radical (unpaired) electrons. The number of nitrogens with zero attached hydrogens (tertiary/aromatic N) is 3. The van der Waals surface area contributed by atoms with Gasteiger partial charge in [-0.1, -0.05) is 33.0 Å². The number of H-pyrrole nitrogens is 1. The summed E-state index contributed by atoms with van der Waals surface area (Å²) in [5.74, 6) is 0. The van der Waals surface area contributed by atoms with Crippen LogP contribution in [0.25, 0.3) is 11.4 Å². The first-order valence-corrected chi connectivity index (χ1v) is 6.51. The lowest BCUT2D eigenvalue weighted by Gasteiger charge is -2.28. The van der Waals surface area contributed by atoms with Crippen LogP contribution < -0.4 is 0 Å². The average Bonchev–Trinajstić information content (AvgIpc) is 2.82. The minimum absolute atomic E-state index is 0.160. The molecule has 0 saturated carbocycles. The van der Waals surface area contributed by atoms with Gasteiger partial charge in [0.1, 0.15) is 4.64 Å². The topological polar surface area (TPSA) is 38.5 Å². The van der Waals surface area contributed by atoms with Gasteiger partial charge in [-0.2, -0.15) is 5.10 Å². The fraction of sp³-hybridized carbons (Fsp3) is 0.538. The fourth-order valence-corrected chi connectivity index (χ4v) is 2.18. The second-order valence-electron chi connectivity index (χ2n) is 5.76. The minimum atomic E-state index is 0.160. The van der Waals surface area contributed by atoms with Gasteiger partial charge in [-0.05, 0) is 18.4 Å². The number of aromatic amines is 1. The maximum atomic E-state index is 5.44. The Bertz CT molecular complexity index is 597. The molecule has 1 atom stereocenters. The molecule has 4 nitrogen and oxygen atoms in total. The van der Waals surface area contributed by atoms with Crippen LogP contribution >= 0.6 is 12.2 Å². The van der Waals surface area contributed by atoms with Crippen molar-refractivity contribution in [1.29, 1.82) is 0 Å². The number of nitrogens with one attached hydrogen (secondary N) is 1. The highest BCUT2D eigenvalue weighted by molar-refractivity contribution is 7.71. The van der Waals surface area contributed by atoms with Gasteiger partial charge in [-0.15, -0.1) is 0 Å². The van der Waals surface area contributed by atoms with Gasteiger partial charge in [-0.25, -0.2) is 0 Å². The molecular weight excluding hydrogens is 244 g/mol. The molecule has 98 valence electrons. The lowest BCUT2D eigenvalue weighted by Crippen LogP contribution is -2.22. The SMILES string of the molecule is CC(n1[nH]c(-c2ccnn2C)cc1=S)C(C)(C)C. The van der Waals surface area contributed by atoms with E-state index < -0.39 is 0 Å². The molecule has 0 aliphatic carbocycles. The summed E-state index contributed by atoms with van der Waals surface area (Å²) in [5.41, 5.74) is 2.21. The van der Waals surface area contributed by atoms with Gasteiger partial charge in [0.15, 0.2) is 0 Å². The molecule has 0 aliphatic heterocycles. The fourth-order valence-electron chi connectivity index (χ4n) is 1.85. The summed E-state index contributed by atoms with van der Waals surface area (Å²) < 4.78 is 4.72. The zero-order chi connectivity index (χ0) is 13.5. The van der Waals surface area contributed by atoms with Crippen LogP contribution in [0.15, 0.2) is 18.3 Å². The maximum absolute atomic E-state index is 5.44. The molecule has 2 rings (SSSR count). The Labute approximate surface area is 113 Å². The van der Waals surface area contributed by atoms with E-state index in [-0.39, 0.29) is 5.41 Å². The van der Waals surface area contributed by atoms with E-state index in [9.17, 15) is 0 Å². The molecule has 0 spiro atoms. The zero-order valence-electron chi connectivity index (χ0n) is 11.6. The Balaban J connectivity index is 2.46. The smallest absolute Gasteiger partial charge is 0.122 e. The Morgan fingerprint density at radius 2 is 2.06 bits per heavy atom. The third kappa shape index (κ3) is 2.27. The highest BCUT2D eigenvalue weighted by Crippen LogP contribution is 2.30. The summed E-state index contributed by atoms with van der Waals surface area (Å²) in [4.78, 5) is 0. The third-order valence-corrected chi connectivity index (χ3v) is 3.80. The van der Waals surface area contributed by atoms with Gasteiger partial charge in [0.05, 0.1) is 17.4 Å². The van der Waals surface area contributed by atoms with Crippen LogP contribution in [-0.2, 0) is 7.05 Å². The molecule has 1 unspecified atom stereocenters. The van der Waals surface area contributed by atoms with E-state index in [4.69, 9.17) is 12.2 Å². The van der Waals surface area contributed by atoms with Gasteiger partial charge in [0.2, 0.25) is 0 Å². The summed E-state index contributed by atoms with van der Waals surface area (Å²) in [5, 5.41) is 7.56. The third-order valence-electron chi connectivity index (χ3n) is 3.48. The number of aromatic nitrogens is 4. The molecule has 5 heteroatoms. The molecule has 2 aromatic heterocycles. The summed E-state index contributed by atoms with van der Waals surface area (Å²) >= 11 is 5.44. The Kier molecular flexibility index (Phi) is 3.19. The first-order chi connectivity index (χ1) is 8.30. The molecule has 0 aliphatic rings. The van der Waals surface area contributed by atoms with Crippen LogP contribution in [-0.4, -0.2) is 19.6 Å². The normalized spacial score (nSPS) is 13.8. The first kappa shape index (κ1) is 13.1. The van der Waals surface area contributed by atoms with Crippen molar-refractivity contribution >= 4 is 12.2 Å². The quantitative estimate of drug-likeness (QED) is 0.842. The van der Waals surface area contributed by atoms with Crippen LogP contribution in [0, 0.1) is 10.1 Å². The van der Waals surface area contributed by atoms with E-state index in [0.717, 1.165) is 16.0 Å². The van der Waals surface area contributed by atoms with Gasteiger partial charge in [0.25, 0.3) is 0 Å². The largest absolute Gasteiger partial charge is 0.295 e. The molecular formula is C13H20N4S. The van der Waals surface area contributed by atoms with Crippen molar-refractivity contribution in [3.05, 3.63) is 23.0 Å². The lowest BCUT2D eigenvalue weighted by molar-refractivity contribution is 0.243. The van der Waals surface area contributed by atoms with Gasteiger partial charge >= 0.3 is 0 Å². The second kappa shape index (κ2) is 4.39. The van der Waals surface area contributed by atoms with Crippen molar-refractivity contribution in [2.45, 2.75) is 33.7 Å². The van der Waals surface area contributed by atoms with E-state index >= 15 is 0 Å². The average molecular weight is 264 g/mol. The highest BCUT2D eigenvalue weighted by Gasteiger charge is 2.23. The molecule has 2 heterocycles. The predicted molar refractivity (Wildman–Crippen MR) is 76.0 cm³/mol. The predicted octanol–water partition coefficient (Wildman–Crippen LogP) is 3.55. The van der Waals surface area contributed by atoms with Crippen LogP contribution in [0.5, 0.6) is 0 Å². The maximum Gasteiger partial charge on any atom is 0.122 e. The van der Waals surface area contributed by atoms with Crippen molar-refractivity contribution in [2.24, 2.45) is 12.5 Å². The molecule has 0 amide bonds. The molecule has 2 aromatic rings. The Morgan fingerprint density at radius 3 is 2.56 bits per heavy atom. The highest BCUT2D eigenvalue weighted by atomic mass is 32.1. The number of hydrogen-bond donors (Lipinski definition) is 1. The standard InChI is InChI=1S/C13H20N4S/c1-9(13(2,3)4)17-12(18)8-10(15-17)11-6-7-14-16(11)5/h6-9,15H,1-5H3. The molecule has 1 N–H and O–H groups in total. The van der Waals surface area contributed by atoms with Gasteiger partial charge in [-0.3, -0.25) is 14.5 Å². The van der Waals surface area contributed by atoms with Gasteiger partial charge < -0.3 is 0 Å². The Morgan fingerprint density at radius 1 is 1.39 bits per heavy atom. The van der Waals surface area contributed by atoms with E-state index in [0.29, 0.717) is 6.04 Å². The zero-order valence-corrected chi connectivity index (χ0v) is 12.4. The van der Waals surface area contributed by atoms with Crippen LogP contribution in [0.2, 0.25) is 0 Å². The second-order valence-corrected chi connectivity index (χ2v) is 6.18.